The van der Waals surface area contributed by atoms with Crippen molar-refractivity contribution in [3.63, 3.8) is 0 Å². The minimum Gasteiger partial charge on any atom is -0.306 e. The molecule has 1 N–H and O–H groups in total. The molecule has 0 aliphatic heterocycles. The summed E-state index contributed by atoms with van der Waals surface area (Å²) in [6, 6.07) is 5.75. The Bertz CT molecular complexity index is 764. The predicted molar refractivity (Wildman–Crippen MR) is 86.6 cm³/mol. The zero-order valence-electron chi connectivity index (χ0n) is 11.2. The topological polar surface area (TPSA) is 55.1 Å². The van der Waals surface area contributed by atoms with Gasteiger partial charge in [0, 0.05) is 29.0 Å². The van der Waals surface area contributed by atoms with E-state index in [1.807, 2.05) is 41.3 Å². The van der Waals surface area contributed by atoms with Crippen LogP contribution in [0.15, 0.2) is 47.4 Å². The highest BCUT2D eigenvalue weighted by atomic mass is 35.5. The molecule has 0 fully saturated rings. The van der Waals surface area contributed by atoms with Crippen LogP contribution in [-0.4, -0.2) is 20.7 Å². The first kappa shape index (κ1) is 13.8. The van der Waals surface area contributed by atoms with E-state index in [4.69, 9.17) is 11.6 Å². The number of nitrogens with zero attached hydrogens (tertiary/aromatic N) is 4. The van der Waals surface area contributed by atoms with Crippen molar-refractivity contribution in [2.75, 3.05) is 5.43 Å². The van der Waals surface area contributed by atoms with Gasteiger partial charge in [0.15, 0.2) is 0 Å². The van der Waals surface area contributed by atoms with E-state index < -0.39 is 0 Å². The van der Waals surface area contributed by atoms with Gasteiger partial charge in [-0.3, -0.25) is 5.43 Å². The fourth-order valence-electron chi connectivity index (χ4n) is 1.76. The number of hydrogen-bond acceptors (Lipinski definition) is 5. The minimum atomic E-state index is 0.627. The third kappa shape index (κ3) is 3.29. The summed E-state index contributed by atoms with van der Waals surface area (Å²) in [6.45, 7) is 1.94. The molecule has 1 aromatic carbocycles. The monoisotopic (exact) mass is 317 g/mol. The molecule has 0 saturated carbocycles. The molecule has 21 heavy (non-hydrogen) atoms. The number of benzene rings is 1. The third-order valence-corrected chi connectivity index (χ3v) is 3.96. The predicted octanol–water partition coefficient (Wildman–Crippen LogP) is 3.74. The SMILES string of the molecule is Cc1csc(NN=Cc2ccc(-n3ccnc3)cc2Cl)n1. The number of aromatic nitrogens is 3. The average Bonchev–Trinajstić information content (AvgIpc) is 3.12. The lowest BCUT2D eigenvalue weighted by atomic mass is 10.2. The summed E-state index contributed by atoms with van der Waals surface area (Å²) in [4.78, 5) is 8.28. The van der Waals surface area contributed by atoms with Crippen molar-refractivity contribution in [3.05, 3.63) is 58.6 Å². The Morgan fingerprint density at radius 2 is 2.33 bits per heavy atom. The second kappa shape index (κ2) is 6.07. The number of aryl methyl sites for hydroxylation is 1. The van der Waals surface area contributed by atoms with Gasteiger partial charge in [-0.05, 0) is 25.1 Å². The largest absolute Gasteiger partial charge is 0.306 e. The van der Waals surface area contributed by atoms with Crippen LogP contribution in [0.2, 0.25) is 5.02 Å². The van der Waals surface area contributed by atoms with E-state index in [0.29, 0.717) is 5.02 Å². The van der Waals surface area contributed by atoms with Crippen molar-refractivity contribution in [1.82, 2.24) is 14.5 Å². The number of anilines is 1. The van der Waals surface area contributed by atoms with Crippen LogP contribution < -0.4 is 5.43 Å². The molecular formula is C14H12ClN5S. The van der Waals surface area contributed by atoms with Gasteiger partial charge in [0.1, 0.15) is 0 Å². The lowest BCUT2D eigenvalue weighted by Crippen LogP contribution is -1.94. The standard InChI is InChI=1S/C14H12ClN5S/c1-10-8-21-14(18-10)19-17-7-11-2-3-12(6-13(11)15)20-5-4-16-9-20/h2-9H,1H3,(H,18,19). The van der Waals surface area contributed by atoms with Gasteiger partial charge < -0.3 is 4.57 Å². The van der Waals surface area contributed by atoms with Crippen molar-refractivity contribution in [2.45, 2.75) is 6.92 Å². The van der Waals surface area contributed by atoms with Crippen molar-refractivity contribution in [2.24, 2.45) is 5.10 Å². The molecule has 0 aliphatic rings. The Morgan fingerprint density at radius 3 is 3.00 bits per heavy atom. The quantitative estimate of drug-likeness (QED) is 0.589. The first-order valence-electron chi connectivity index (χ1n) is 6.21. The first-order valence-corrected chi connectivity index (χ1v) is 7.47. The average molecular weight is 318 g/mol. The molecule has 0 radical (unpaired) electrons. The number of imidazole rings is 1. The highest BCUT2D eigenvalue weighted by Crippen LogP contribution is 2.19. The molecule has 0 atom stereocenters. The summed E-state index contributed by atoms with van der Waals surface area (Å²) in [5, 5.41) is 7.50. The summed E-state index contributed by atoms with van der Waals surface area (Å²) in [6.07, 6.45) is 7.00. The molecule has 2 aromatic heterocycles. The maximum Gasteiger partial charge on any atom is 0.203 e. The third-order valence-electron chi connectivity index (χ3n) is 2.77. The Labute approximate surface area is 130 Å². The molecule has 3 aromatic rings. The van der Waals surface area contributed by atoms with E-state index in [-0.39, 0.29) is 0 Å². The van der Waals surface area contributed by atoms with Gasteiger partial charge >= 0.3 is 0 Å². The van der Waals surface area contributed by atoms with Crippen molar-refractivity contribution < 1.29 is 0 Å². The van der Waals surface area contributed by atoms with E-state index >= 15 is 0 Å². The fourth-order valence-corrected chi connectivity index (χ4v) is 2.62. The summed E-state index contributed by atoms with van der Waals surface area (Å²) in [7, 11) is 0. The lowest BCUT2D eigenvalue weighted by Gasteiger charge is -2.04. The maximum absolute atomic E-state index is 6.27. The van der Waals surface area contributed by atoms with Crippen LogP contribution in [0, 0.1) is 6.92 Å². The molecule has 0 unspecified atom stereocenters. The molecule has 5 nitrogen and oxygen atoms in total. The molecule has 0 bridgehead atoms. The zero-order valence-corrected chi connectivity index (χ0v) is 12.8. The van der Waals surface area contributed by atoms with Gasteiger partial charge in [-0.25, -0.2) is 9.97 Å². The summed E-state index contributed by atoms with van der Waals surface area (Å²) in [5.74, 6) is 0. The van der Waals surface area contributed by atoms with Crippen molar-refractivity contribution in [1.29, 1.82) is 0 Å². The molecule has 2 heterocycles. The molecule has 0 saturated heterocycles. The second-order valence-electron chi connectivity index (χ2n) is 4.34. The fraction of sp³-hybridized carbons (Fsp3) is 0.0714. The second-order valence-corrected chi connectivity index (χ2v) is 5.61. The smallest absolute Gasteiger partial charge is 0.203 e. The summed E-state index contributed by atoms with van der Waals surface area (Å²) in [5.41, 5.74) is 5.65. The van der Waals surface area contributed by atoms with Gasteiger partial charge in [-0.1, -0.05) is 11.6 Å². The lowest BCUT2D eigenvalue weighted by molar-refractivity contribution is 1.06. The van der Waals surface area contributed by atoms with Gasteiger partial charge in [-0.15, -0.1) is 11.3 Å². The normalized spacial score (nSPS) is 11.1. The van der Waals surface area contributed by atoms with Gasteiger partial charge in [0.05, 0.1) is 23.3 Å². The Kier molecular flexibility index (Phi) is 3.98. The Hall–Kier alpha value is -2.18. The number of rotatable bonds is 4. The van der Waals surface area contributed by atoms with Crippen LogP contribution in [0.3, 0.4) is 0 Å². The van der Waals surface area contributed by atoms with E-state index in [2.05, 4.69) is 20.5 Å². The molecule has 7 heteroatoms. The van der Waals surface area contributed by atoms with E-state index in [0.717, 1.165) is 22.1 Å². The first-order chi connectivity index (χ1) is 10.2. The van der Waals surface area contributed by atoms with Crippen LogP contribution in [0.25, 0.3) is 5.69 Å². The van der Waals surface area contributed by atoms with Gasteiger partial charge in [0.25, 0.3) is 0 Å². The number of thiazole rings is 1. The molecule has 3 rings (SSSR count). The van der Waals surface area contributed by atoms with Crippen LogP contribution >= 0.6 is 22.9 Å². The molecule has 0 amide bonds. The van der Waals surface area contributed by atoms with Gasteiger partial charge in [0.2, 0.25) is 5.13 Å². The molecular weight excluding hydrogens is 306 g/mol. The number of hydrazone groups is 1. The van der Waals surface area contributed by atoms with Gasteiger partial charge in [-0.2, -0.15) is 5.10 Å². The summed E-state index contributed by atoms with van der Waals surface area (Å²) < 4.78 is 1.89. The van der Waals surface area contributed by atoms with Crippen molar-refractivity contribution in [3.8, 4) is 5.69 Å². The number of nitrogens with one attached hydrogen (secondary N) is 1. The van der Waals surface area contributed by atoms with Crippen molar-refractivity contribution >= 4 is 34.3 Å². The molecule has 0 spiro atoms. The highest BCUT2D eigenvalue weighted by Gasteiger charge is 2.02. The maximum atomic E-state index is 6.27. The van der Waals surface area contributed by atoms with E-state index in [9.17, 15) is 0 Å². The van der Waals surface area contributed by atoms with E-state index in [1.165, 1.54) is 11.3 Å². The van der Waals surface area contributed by atoms with Crippen LogP contribution in [0.4, 0.5) is 5.13 Å². The van der Waals surface area contributed by atoms with Crippen LogP contribution in [0.1, 0.15) is 11.3 Å². The van der Waals surface area contributed by atoms with Crippen LogP contribution in [0.5, 0.6) is 0 Å². The minimum absolute atomic E-state index is 0.627. The summed E-state index contributed by atoms with van der Waals surface area (Å²) >= 11 is 7.78. The Morgan fingerprint density at radius 1 is 1.43 bits per heavy atom. The molecule has 106 valence electrons. The zero-order chi connectivity index (χ0) is 14.7. The highest BCUT2D eigenvalue weighted by molar-refractivity contribution is 7.13. The number of hydrogen-bond donors (Lipinski definition) is 1. The number of halogens is 1. The van der Waals surface area contributed by atoms with Crippen LogP contribution in [-0.2, 0) is 0 Å². The van der Waals surface area contributed by atoms with E-state index in [1.54, 1.807) is 18.7 Å². The Balaban J connectivity index is 1.74. The molecule has 0 aliphatic carbocycles.